The van der Waals surface area contributed by atoms with Gasteiger partial charge in [0.05, 0.1) is 14.4 Å². The number of hydrogen-bond donors (Lipinski definition) is 0. The molecule has 0 amide bonds. The summed E-state index contributed by atoms with van der Waals surface area (Å²) in [7, 11) is -4.75. The van der Waals surface area contributed by atoms with Crippen molar-refractivity contribution in [2.45, 2.75) is 0 Å². The van der Waals surface area contributed by atoms with E-state index in [0.29, 0.717) is 0 Å². The Labute approximate surface area is 63.6 Å². The summed E-state index contributed by atoms with van der Waals surface area (Å²) in [5.41, 5.74) is 0. The first-order valence-electron chi connectivity index (χ1n) is 1.84. The summed E-state index contributed by atoms with van der Waals surface area (Å²) in [5.74, 6) is 0. The Balaban J connectivity index is 0. The first-order valence-corrected chi connectivity index (χ1v) is 3.30. The minimum absolute atomic E-state index is 0. The van der Waals surface area contributed by atoms with Crippen molar-refractivity contribution >= 4 is 7.82 Å². The van der Waals surface area contributed by atoms with E-state index in [2.05, 4.69) is 11.1 Å². The van der Waals surface area contributed by atoms with Crippen molar-refractivity contribution in [1.82, 2.24) is 0 Å². The predicted octanol–water partition coefficient (Wildman–Crippen LogP) is -0.985. The Morgan fingerprint density at radius 3 is 2.22 bits per heavy atom. The molecule has 0 fully saturated rings. The van der Waals surface area contributed by atoms with Crippen LogP contribution < -0.4 is 9.79 Å². The standard InChI is InChI=1S/C3H7O4P.Cu/c1-2-3-7-8(4,5)6;/h2H,1,3H2,(H2,4,5,6);/q;+2/p-2. The van der Waals surface area contributed by atoms with E-state index in [0.717, 1.165) is 0 Å². The van der Waals surface area contributed by atoms with Gasteiger partial charge in [-0.2, -0.15) is 0 Å². The molecule has 0 aliphatic carbocycles. The SMILES string of the molecule is C=CCOP(=O)([O-])[O-].[Cu+2]. The average Bonchev–Trinajstić information content (AvgIpc) is 1.59. The van der Waals surface area contributed by atoms with Crippen LogP contribution in [0.25, 0.3) is 0 Å². The third kappa shape index (κ3) is 11.8. The van der Waals surface area contributed by atoms with Crippen LogP contribution in [0.4, 0.5) is 0 Å². The summed E-state index contributed by atoms with van der Waals surface area (Å²) in [6.07, 6.45) is 1.18. The quantitative estimate of drug-likeness (QED) is 0.333. The third-order valence-corrected chi connectivity index (χ3v) is 0.816. The summed E-state index contributed by atoms with van der Waals surface area (Å²) in [5, 5.41) is 0. The van der Waals surface area contributed by atoms with Gasteiger partial charge >= 0.3 is 17.1 Å². The molecule has 1 radical (unpaired) electrons. The van der Waals surface area contributed by atoms with Crippen LogP contribution in [0.2, 0.25) is 0 Å². The van der Waals surface area contributed by atoms with Gasteiger partial charge in [0.1, 0.15) is 0 Å². The van der Waals surface area contributed by atoms with E-state index in [1.807, 2.05) is 0 Å². The molecule has 0 saturated heterocycles. The minimum atomic E-state index is -4.75. The third-order valence-electron chi connectivity index (χ3n) is 0.351. The van der Waals surface area contributed by atoms with Crippen molar-refractivity contribution in [3.05, 3.63) is 12.7 Å². The number of rotatable bonds is 3. The van der Waals surface area contributed by atoms with Crippen LogP contribution in [0.5, 0.6) is 0 Å². The normalized spacial score (nSPS) is 10.0. The summed E-state index contributed by atoms with van der Waals surface area (Å²) >= 11 is 0. The van der Waals surface area contributed by atoms with Crippen LogP contribution in [0, 0.1) is 0 Å². The summed E-state index contributed by atoms with van der Waals surface area (Å²) in [6.45, 7) is 2.89. The molecule has 0 aromatic carbocycles. The van der Waals surface area contributed by atoms with Crippen molar-refractivity contribution in [2.75, 3.05) is 6.61 Å². The van der Waals surface area contributed by atoms with Crippen molar-refractivity contribution < 1.29 is 35.9 Å². The monoisotopic (exact) mass is 199 g/mol. The maximum Gasteiger partial charge on any atom is 2.00 e. The predicted molar refractivity (Wildman–Crippen MR) is 23.8 cm³/mol. The van der Waals surface area contributed by atoms with Crippen molar-refractivity contribution in [3.8, 4) is 0 Å². The summed E-state index contributed by atoms with van der Waals surface area (Å²) < 4.78 is 13.3. The van der Waals surface area contributed by atoms with E-state index < -0.39 is 7.82 Å². The Hall–Kier alpha value is 0.369. The van der Waals surface area contributed by atoms with Crippen molar-refractivity contribution in [2.24, 2.45) is 0 Å². The fourth-order valence-electron chi connectivity index (χ4n) is 0.144. The van der Waals surface area contributed by atoms with Gasteiger partial charge in [0.25, 0.3) is 0 Å². The van der Waals surface area contributed by atoms with E-state index in [-0.39, 0.29) is 23.7 Å². The molecule has 0 N–H and O–H groups in total. The molecule has 9 heavy (non-hydrogen) atoms. The van der Waals surface area contributed by atoms with Crippen LogP contribution in [-0.2, 0) is 26.2 Å². The molecule has 4 nitrogen and oxygen atoms in total. The zero-order chi connectivity index (χ0) is 6.62. The Morgan fingerprint density at radius 1 is 1.67 bits per heavy atom. The second-order valence-corrected chi connectivity index (χ2v) is 2.18. The molecule has 0 bridgehead atoms. The molecule has 57 valence electrons. The summed E-state index contributed by atoms with van der Waals surface area (Å²) in [4.78, 5) is 19.2. The van der Waals surface area contributed by atoms with Gasteiger partial charge < -0.3 is 18.9 Å². The maximum atomic E-state index is 9.59. The Bertz CT molecular complexity index is 119. The fraction of sp³-hybridized carbons (Fsp3) is 0.333. The number of hydrogen-bond acceptors (Lipinski definition) is 4. The molecule has 0 unspecified atom stereocenters. The van der Waals surface area contributed by atoms with Gasteiger partial charge in [-0.05, 0) is 0 Å². The van der Waals surface area contributed by atoms with Gasteiger partial charge in [-0.1, -0.05) is 6.08 Å². The molecule has 0 aromatic heterocycles. The molecule has 0 aliphatic heterocycles. The van der Waals surface area contributed by atoms with Gasteiger partial charge in [-0.25, -0.2) is 0 Å². The van der Waals surface area contributed by atoms with Gasteiger partial charge in [0.15, 0.2) is 0 Å². The fourth-order valence-corrected chi connectivity index (χ4v) is 0.432. The van der Waals surface area contributed by atoms with Crippen molar-refractivity contribution in [1.29, 1.82) is 0 Å². The second kappa shape index (κ2) is 5.18. The largest absolute Gasteiger partial charge is 2.00 e. The number of phosphoric acid groups is 1. The van der Waals surface area contributed by atoms with E-state index in [9.17, 15) is 14.4 Å². The second-order valence-electron chi connectivity index (χ2n) is 1.03. The van der Waals surface area contributed by atoms with Crippen LogP contribution in [0.1, 0.15) is 0 Å². The zero-order valence-electron chi connectivity index (χ0n) is 4.37. The van der Waals surface area contributed by atoms with Gasteiger partial charge in [-0.15, -0.1) is 6.58 Å². The topological polar surface area (TPSA) is 72.4 Å². The van der Waals surface area contributed by atoms with E-state index in [4.69, 9.17) is 0 Å². The van der Waals surface area contributed by atoms with Crippen LogP contribution in [0.3, 0.4) is 0 Å². The summed E-state index contributed by atoms with van der Waals surface area (Å²) in [6, 6.07) is 0. The molecule has 0 aromatic rings. The van der Waals surface area contributed by atoms with Crippen molar-refractivity contribution in [3.63, 3.8) is 0 Å². The Morgan fingerprint density at radius 2 is 2.11 bits per heavy atom. The first-order chi connectivity index (χ1) is 3.56. The smallest absolute Gasteiger partial charge is 0.790 e. The van der Waals surface area contributed by atoms with Gasteiger partial charge in [0.2, 0.25) is 0 Å². The molecule has 0 spiro atoms. The van der Waals surface area contributed by atoms with Crippen LogP contribution in [0.15, 0.2) is 12.7 Å². The molecular formula is C3H5CuO4P. The van der Waals surface area contributed by atoms with E-state index in [1.54, 1.807) is 0 Å². The van der Waals surface area contributed by atoms with Crippen LogP contribution >= 0.6 is 7.82 Å². The average molecular weight is 200 g/mol. The molecule has 0 heterocycles. The Kier molecular flexibility index (Phi) is 6.95. The zero-order valence-corrected chi connectivity index (χ0v) is 6.21. The van der Waals surface area contributed by atoms with Gasteiger partial charge in [-0.3, -0.25) is 0 Å². The van der Waals surface area contributed by atoms with Crippen LogP contribution in [-0.4, -0.2) is 6.61 Å². The molecule has 0 atom stereocenters. The molecule has 6 heteroatoms. The van der Waals surface area contributed by atoms with E-state index >= 15 is 0 Å². The molecule has 0 aliphatic rings. The number of phosphoric ester groups is 1. The molecule has 0 saturated carbocycles. The molecule has 0 rings (SSSR count). The minimum Gasteiger partial charge on any atom is -0.790 e. The molecular weight excluding hydrogens is 195 g/mol. The van der Waals surface area contributed by atoms with E-state index in [1.165, 1.54) is 6.08 Å². The first kappa shape index (κ1) is 12.1. The maximum absolute atomic E-state index is 9.59. The van der Waals surface area contributed by atoms with Gasteiger partial charge in [0, 0.05) is 0 Å².